The van der Waals surface area contributed by atoms with E-state index in [-0.39, 0.29) is 18.1 Å². The van der Waals surface area contributed by atoms with Crippen molar-refractivity contribution in [2.24, 2.45) is 0 Å². The summed E-state index contributed by atoms with van der Waals surface area (Å²) < 4.78 is 5.69. The summed E-state index contributed by atoms with van der Waals surface area (Å²) in [6.07, 6.45) is 0. The van der Waals surface area contributed by atoms with Crippen molar-refractivity contribution in [1.82, 2.24) is 15.0 Å². The summed E-state index contributed by atoms with van der Waals surface area (Å²) in [4.78, 5) is 22.4. The number of hydrogen-bond donors (Lipinski definition) is 2. The summed E-state index contributed by atoms with van der Waals surface area (Å²) in [5.41, 5.74) is 4.07. The van der Waals surface area contributed by atoms with Gasteiger partial charge in [-0.3, -0.25) is 0 Å². The number of hydrogen-bond acceptors (Lipinski definition) is 6. The molecular weight excluding hydrogens is 228 g/mol. The third-order valence-corrected chi connectivity index (χ3v) is 2.23. The van der Waals surface area contributed by atoms with E-state index in [1.807, 2.05) is 0 Å². The number of anilines is 1. The Balaban J connectivity index is 3.15. The zero-order valence-corrected chi connectivity index (χ0v) is 9.80. The summed E-state index contributed by atoms with van der Waals surface area (Å²) in [6, 6.07) is 0. The summed E-state index contributed by atoms with van der Waals surface area (Å²) in [5.74, 6) is -1.99. The monoisotopic (exact) mass is 242 g/mol. The van der Waals surface area contributed by atoms with E-state index in [2.05, 4.69) is 10.3 Å². The van der Waals surface area contributed by atoms with Gasteiger partial charge in [-0.05, 0) is 20.8 Å². The van der Waals surface area contributed by atoms with E-state index < -0.39 is 17.5 Å². The average molecular weight is 242 g/mol. The van der Waals surface area contributed by atoms with Crippen molar-refractivity contribution in [2.75, 3.05) is 12.3 Å². The summed E-state index contributed by atoms with van der Waals surface area (Å²) in [5, 5.41) is 16.1. The normalized spacial score (nSPS) is 11.2. The minimum absolute atomic E-state index is 0.129. The van der Waals surface area contributed by atoms with Crippen molar-refractivity contribution in [3.63, 3.8) is 0 Å². The lowest BCUT2D eigenvalue weighted by Gasteiger charge is -2.19. The fraction of sp³-hybridized carbons (Fsp3) is 0.556. The van der Waals surface area contributed by atoms with Gasteiger partial charge in [0.25, 0.3) is 0 Å². The number of esters is 1. The maximum atomic E-state index is 11.4. The largest absolute Gasteiger partial charge is 0.479 e. The van der Waals surface area contributed by atoms with Crippen molar-refractivity contribution < 1.29 is 19.4 Å². The number of carbonyl (C=O) groups excluding carboxylic acids is 1. The second-order valence-corrected chi connectivity index (χ2v) is 3.82. The number of carbonyl (C=O) groups is 2. The highest BCUT2D eigenvalue weighted by Gasteiger charge is 2.34. The summed E-state index contributed by atoms with van der Waals surface area (Å²) in [6.45, 7) is 4.61. The van der Waals surface area contributed by atoms with Gasteiger partial charge in [0.05, 0.1) is 6.61 Å². The Morgan fingerprint density at radius 3 is 2.59 bits per heavy atom. The number of nitrogens with two attached hydrogens (primary N) is 1. The zero-order valence-electron chi connectivity index (χ0n) is 9.80. The lowest BCUT2D eigenvalue weighted by atomic mass is 10.1. The number of nitrogen functional groups attached to an aromatic ring is 1. The highest BCUT2D eigenvalue weighted by Crippen LogP contribution is 2.20. The van der Waals surface area contributed by atoms with Crippen molar-refractivity contribution in [2.45, 2.75) is 26.3 Å². The second-order valence-electron chi connectivity index (χ2n) is 3.82. The molecule has 8 heteroatoms. The minimum atomic E-state index is -1.39. The first-order chi connectivity index (χ1) is 7.82. The van der Waals surface area contributed by atoms with Gasteiger partial charge in [-0.1, -0.05) is 5.21 Å². The van der Waals surface area contributed by atoms with Crippen LogP contribution in [-0.2, 0) is 15.1 Å². The Kier molecular flexibility index (Phi) is 3.35. The van der Waals surface area contributed by atoms with Gasteiger partial charge >= 0.3 is 11.9 Å². The average Bonchev–Trinajstić information content (AvgIpc) is 2.60. The summed E-state index contributed by atoms with van der Waals surface area (Å²) in [7, 11) is 0. The molecule has 0 saturated carbocycles. The molecule has 1 heterocycles. The van der Waals surface area contributed by atoms with E-state index >= 15 is 0 Å². The lowest BCUT2D eigenvalue weighted by Crippen LogP contribution is -2.37. The highest BCUT2D eigenvalue weighted by molar-refractivity contribution is 5.92. The zero-order chi connectivity index (χ0) is 13.2. The van der Waals surface area contributed by atoms with E-state index in [9.17, 15) is 9.59 Å². The van der Waals surface area contributed by atoms with Gasteiger partial charge in [0.15, 0.2) is 11.4 Å². The first-order valence-corrected chi connectivity index (χ1v) is 4.94. The Hall–Kier alpha value is -2.12. The van der Waals surface area contributed by atoms with Crippen LogP contribution in [0.4, 0.5) is 5.82 Å². The van der Waals surface area contributed by atoms with E-state index in [1.54, 1.807) is 6.92 Å². The second kappa shape index (κ2) is 4.40. The molecule has 1 rings (SSSR count). The van der Waals surface area contributed by atoms with Gasteiger partial charge < -0.3 is 15.6 Å². The number of ether oxygens (including phenoxy) is 1. The minimum Gasteiger partial charge on any atom is -0.479 e. The Labute approximate surface area is 97.4 Å². The molecule has 0 aromatic carbocycles. The maximum Gasteiger partial charge on any atom is 0.362 e. The molecule has 0 aliphatic heterocycles. The van der Waals surface area contributed by atoms with Crippen LogP contribution in [0.15, 0.2) is 0 Å². The molecular formula is C9H14N4O4. The molecule has 0 fully saturated rings. The molecule has 0 radical (unpaired) electrons. The van der Waals surface area contributed by atoms with Crippen LogP contribution in [0.5, 0.6) is 0 Å². The SMILES string of the molecule is CCOC(=O)c1nnn(C(C)(C)C(=O)O)c1N. The first-order valence-electron chi connectivity index (χ1n) is 4.94. The molecule has 17 heavy (non-hydrogen) atoms. The summed E-state index contributed by atoms with van der Waals surface area (Å²) >= 11 is 0. The van der Waals surface area contributed by atoms with Crippen LogP contribution >= 0.6 is 0 Å². The van der Waals surface area contributed by atoms with Crippen LogP contribution in [0.1, 0.15) is 31.3 Å². The Morgan fingerprint density at radius 1 is 1.53 bits per heavy atom. The first kappa shape index (κ1) is 12.9. The van der Waals surface area contributed by atoms with Crippen molar-refractivity contribution in [3.8, 4) is 0 Å². The molecule has 0 unspecified atom stereocenters. The van der Waals surface area contributed by atoms with Crippen molar-refractivity contribution >= 4 is 17.8 Å². The lowest BCUT2D eigenvalue weighted by molar-refractivity contribution is -0.146. The van der Waals surface area contributed by atoms with Crippen LogP contribution in [0, 0.1) is 0 Å². The van der Waals surface area contributed by atoms with E-state index in [4.69, 9.17) is 15.6 Å². The molecule has 3 N–H and O–H groups in total. The number of aromatic nitrogens is 3. The molecule has 0 aliphatic rings. The number of carboxylic acid groups (broad SMARTS) is 1. The third kappa shape index (κ3) is 2.19. The number of carboxylic acids is 1. The molecule has 0 saturated heterocycles. The molecule has 0 amide bonds. The predicted molar refractivity (Wildman–Crippen MR) is 57.3 cm³/mol. The van der Waals surface area contributed by atoms with E-state index in [0.29, 0.717) is 0 Å². The molecule has 0 aliphatic carbocycles. The smallest absolute Gasteiger partial charge is 0.362 e. The van der Waals surface area contributed by atoms with Gasteiger partial charge in [-0.25, -0.2) is 14.3 Å². The number of rotatable bonds is 4. The van der Waals surface area contributed by atoms with Crippen LogP contribution < -0.4 is 5.73 Å². The van der Waals surface area contributed by atoms with E-state index in [0.717, 1.165) is 4.68 Å². The maximum absolute atomic E-state index is 11.4. The topological polar surface area (TPSA) is 120 Å². The van der Waals surface area contributed by atoms with Crippen LogP contribution in [-0.4, -0.2) is 38.6 Å². The Bertz CT molecular complexity index is 452. The molecule has 0 atom stereocenters. The molecule has 0 spiro atoms. The van der Waals surface area contributed by atoms with Gasteiger partial charge in [-0.15, -0.1) is 5.10 Å². The van der Waals surface area contributed by atoms with Crippen LogP contribution in [0.25, 0.3) is 0 Å². The standard InChI is InChI=1S/C9H14N4O4/c1-4-17-7(14)5-6(10)13(12-11-5)9(2,3)8(15)16/h4,10H2,1-3H3,(H,15,16). The fourth-order valence-electron chi connectivity index (χ4n) is 1.14. The predicted octanol–water partition coefficient (Wildman–Crippen LogP) is -0.143. The van der Waals surface area contributed by atoms with E-state index in [1.165, 1.54) is 13.8 Å². The fourth-order valence-corrected chi connectivity index (χ4v) is 1.14. The number of aliphatic carboxylic acids is 1. The molecule has 94 valence electrons. The number of nitrogens with zero attached hydrogens (tertiary/aromatic N) is 3. The molecule has 1 aromatic heterocycles. The third-order valence-electron chi connectivity index (χ3n) is 2.23. The van der Waals surface area contributed by atoms with Crippen LogP contribution in [0.3, 0.4) is 0 Å². The van der Waals surface area contributed by atoms with Crippen LogP contribution in [0.2, 0.25) is 0 Å². The molecule has 8 nitrogen and oxygen atoms in total. The van der Waals surface area contributed by atoms with Gasteiger partial charge in [0.1, 0.15) is 0 Å². The quantitative estimate of drug-likeness (QED) is 0.704. The van der Waals surface area contributed by atoms with Crippen molar-refractivity contribution in [1.29, 1.82) is 0 Å². The van der Waals surface area contributed by atoms with Gasteiger partial charge in [0, 0.05) is 0 Å². The Morgan fingerprint density at radius 2 is 2.12 bits per heavy atom. The molecule has 0 bridgehead atoms. The van der Waals surface area contributed by atoms with Gasteiger partial charge in [0.2, 0.25) is 5.69 Å². The molecule has 1 aromatic rings. The van der Waals surface area contributed by atoms with Crippen molar-refractivity contribution in [3.05, 3.63) is 5.69 Å². The highest BCUT2D eigenvalue weighted by atomic mass is 16.5. The van der Waals surface area contributed by atoms with Gasteiger partial charge in [-0.2, -0.15) is 0 Å².